The number of pyridine rings is 1. The summed E-state index contributed by atoms with van der Waals surface area (Å²) < 4.78 is 9.85. The molecule has 5 heteroatoms. The van der Waals surface area contributed by atoms with Gasteiger partial charge in [-0.05, 0) is 73.9 Å². The lowest BCUT2D eigenvalue weighted by Crippen LogP contribution is -2.25. The maximum Gasteiger partial charge on any atom is 0.254 e. The van der Waals surface area contributed by atoms with Crippen molar-refractivity contribution in [3.8, 4) is 5.69 Å². The largest absolute Gasteiger partial charge is 0.376 e. The Morgan fingerprint density at radius 2 is 1.71 bits per heavy atom. The number of nitrogens with zero attached hydrogens (tertiary/aromatic N) is 3. The monoisotopic (exact) mass is 467 g/mol. The first-order chi connectivity index (χ1) is 16.9. The zero-order valence-corrected chi connectivity index (χ0v) is 20.8. The van der Waals surface area contributed by atoms with E-state index in [4.69, 9.17) is 4.74 Å². The van der Waals surface area contributed by atoms with Crippen molar-refractivity contribution in [1.29, 1.82) is 0 Å². The molecule has 1 aliphatic carbocycles. The van der Waals surface area contributed by atoms with Crippen LogP contribution in [0.5, 0.6) is 0 Å². The Morgan fingerprint density at radius 3 is 2.40 bits per heavy atom. The molecule has 4 aromatic rings. The van der Waals surface area contributed by atoms with E-state index < -0.39 is 0 Å². The number of ether oxygens (including phenoxy) is 1. The van der Waals surface area contributed by atoms with Crippen molar-refractivity contribution in [2.75, 3.05) is 6.61 Å². The molecule has 180 valence electrons. The van der Waals surface area contributed by atoms with Crippen LogP contribution in [-0.4, -0.2) is 20.7 Å². The topological polar surface area (TPSA) is 49.0 Å². The molecule has 0 amide bonds. The number of hydrogen-bond donors (Lipinski definition) is 0. The van der Waals surface area contributed by atoms with Gasteiger partial charge in [0.2, 0.25) is 0 Å². The molecule has 35 heavy (non-hydrogen) atoms. The second-order valence-corrected chi connectivity index (χ2v) is 9.97. The van der Waals surface area contributed by atoms with Crippen LogP contribution in [0.15, 0.2) is 72.0 Å². The van der Waals surface area contributed by atoms with Crippen molar-refractivity contribution >= 4 is 0 Å². The molecule has 0 bridgehead atoms. The maximum atomic E-state index is 13.5. The van der Waals surface area contributed by atoms with Crippen molar-refractivity contribution in [3.05, 3.63) is 117 Å². The lowest BCUT2D eigenvalue weighted by Gasteiger charge is -2.14. The number of benzene rings is 2. The molecule has 1 aliphatic rings. The number of aryl methyl sites for hydroxylation is 3. The van der Waals surface area contributed by atoms with E-state index in [-0.39, 0.29) is 5.56 Å². The van der Waals surface area contributed by atoms with Crippen LogP contribution in [0.2, 0.25) is 0 Å². The van der Waals surface area contributed by atoms with Crippen LogP contribution < -0.4 is 5.56 Å². The highest BCUT2D eigenvalue weighted by Gasteiger charge is 2.21. The first-order valence-electron chi connectivity index (χ1n) is 12.4. The van der Waals surface area contributed by atoms with Gasteiger partial charge in [0.25, 0.3) is 5.56 Å². The number of aromatic nitrogens is 3. The van der Waals surface area contributed by atoms with Crippen LogP contribution in [0.4, 0.5) is 0 Å². The smallest absolute Gasteiger partial charge is 0.254 e. The molecule has 0 saturated heterocycles. The van der Waals surface area contributed by atoms with Gasteiger partial charge in [0.15, 0.2) is 0 Å². The normalized spacial score (nSPS) is 13.3. The van der Waals surface area contributed by atoms with E-state index in [0.29, 0.717) is 25.5 Å². The highest BCUT2D eigenvalue weighted by Crippen LogP contribution is 2.29. The summed E-state index contributed by atoms with van der Waals surface area (Å²) in [5.41, 5.74) is 8.62. The minimum absolute atomic E-state index is 0.0588. The Hall–Kier alpha value is -3.44. The molecule has 2 heterocycles. The zero-order valence-electron chi connectivity index (χ0n) is 20.8. The molecule has 1 saturated carbocycles. The van der Waals surface area contributed by atoms with Gasteiger partial charge >= 0.3 is 0 Å². The summed E-state index contributed by atoms with van der Waals surface area (Å²) in [6, 6.07) is 16.8. The average Bonchev–Trinajstić information content (AvgIpc) is 3.56. The average molecular weight is 468 g/mol. The highest BCUT2D eigenvalue weighted by atomic mass is 16.5. The molecule has 0 radical (unpaired) electrons. The number of imidazole rings is 1. The predicted molar refractivity (Wildman–Crippen MR) is 139 cm³/mol. The van der Waals surface area contributed by atoms with Crippen LogP contribution in [0, 0.1) is 26.7 Å². The fourth-order valence-electron chi connectivity index (χ4n) is 4.50. The quantitative estimate of drug-likeness (QED) is 0.325. The van der Waals surface area contributed by atoms with Crippen LogP contribution in [-0.2, 0) is 24.3 Å². The molecule has 0 atom stereocenters. The first-order valence-corrected chi connectivity index (χ1v) is 12.4. The number of hydrogen-bond acceptors (Lipinski definition) is 3. The Morgan fingerprint density at radius 1 is 0.943 bits per heavy atom. The lowest BCUT2D eigenvalue weighted by atomic mass is 10.0. The van der Waals surface area contributed by atoms with Gasteiger partial charge in [-0.2, -0.15) is 0 Å². The van der Waals surface area contributed by atoms with Gasteiger partial charge in [-0.25, -0.2) is 4.98 Å². The SMILES string of the molecule is Cc1ccc(Cn2cc(COCC3CC3)cc(Cc3ccc(-n4cnc(C)c4)c(C)c3)c2=O)cc1. The Balaban J connectivity index is 1.42. The van der Waals surface area contributed by atoms with E-state index in [1.54, 1.807) is 0 Å². The van der Waals surface area contributed by atoms with Crippen LogP contribution >= 0.6 is 0 Å². The third-order valence-corrected chi connectivity index (χ3v) is 6.66. The van der Waals surface area contributed by atoms with Crippen LogP contribution in [0.1, 0.15) is 51.9 Å². The van der Waals surface area contributed by atoms with Crippen LogP contribution in [0.3, 0.4) is 0 Å². The van der Waals surface area contributed by atoms with Gasteiger partial charge in [-0.1, -0.05) is 42.0 Å². The first kappa shape index (κ1) is 23.3. The molecular weight excluding hydrogens is 434 g/mol. The summed E-state index contributed by atoms with van der Waals surface area (Å²) in [7, 11) is 0. The molecule has 0 spiro atoms. The molecule has 2 aromatic carbocycles. The van der Waals surface area contributed by atoms with E-state index in [0.717, 1.165) is 45.8 Å². The third kappa shape index (κ3) is 5.80. The molecule has 0 aliphatic heterocycles. The summed E-state index contributed by atoms with van der Waals surface area (Å²) in [4.78, 5) is 17.8. The fraction of sp³-hybridized carbons (Fsp3) is 0.333. The van der Waals surface area contributed by atoms with Gasteiger partial charge in [0, 0.05) is 36.7 Å². The van der Waals surface area contributed by atoms with E-state index in [9.17, 15) is 4.79 Å². The van der Waals surface area contributed by atoms with E-state index >= 15 is 0 Å². The Bertz CT molecular complexity index is 1380. The molecule has 5 rings (SSSR count). The maximum absolute atomic E-state index is 13.5. The van der Waals surface area contributed by atoms with E-state index in [2.05, 4.69) is 61.3 Å². The molecule has 0 N–H and O–H groups in total. The van der Waals surface area contributed by atoms with E-state index in [1.165, 1.54) is 18.4 Å². The molecule has 2 aromatic heterocycles. The van der Waals surface area contributed by atoms with Crippen molar-refractivity contribution in [2.24, 2.45) is 5.92 Å². The van der Waals surface area contributed by atoms with Crippen molar-refractivity contribution in [2.45, 2.75) is 53.2 Å². The Kier molecular flexibility index (Phi) is 6.69. The molecule has 5 nitrogen and oxygen atoms in total. The number of rotatable bonds is 9. The van der Waals surface area contributed by atoms with Crippen molar-refractivity contribution < 1.29 is 4.74 Å². The minimum Gasteiger partial charge on any atom is -0.376 e. The summed E-state index contributed by atoms with van der Waals surface area (Å²) in [6.45, 7) is 8.07. The standard InChI is InChI=1S/C30H33N3O2/c1-21-4-6-24(7-5-21)16-32-17-27(19-35-18-25-8-9-25)14-28(30(32)34)13-26-10-11-29(22(2)12-26)33-15-23(3)31-20-33/h4-7,10-12,14-15,17,20,25H,8-9,13,16,18-19H2,1-3H3. The molecule has 0 unspecified atom stereocenters. The molecular formula is C30H33N3O2. The van der Waals surface area contributed by atoms with Gasteiger partial charge in [-0.3, -0.25) is 4.79 Å². The Labute approximate surface area is 207 Å². The van der Waals surface area contributed by atoms with E-state index in [1.807, 2.05) is 40.8 Å². The zero-order chi connectivity index (χ0) is 24.4. The highest BCUT2D eigenvalue weighted by molar-refractivity contribution is 5.44. The van der Waals surface area contributed by atoms with Crippen molar-refractivity contribution in [1.82, 2.24) is 14.1 Å². The lowest BCUT2D eigenvalue weighted by molar-refractivity contribution is 0.111. The minimum atomic E-state index is 0.0588. The van der Waals surface area contributed by atoms with Gasteiger partial charge in [0.1, 0.15) is 0 Å². The summed E-state index contributed by atoms with van der Waals surface area (Å²) in [5.74, 6) is 0.716. The second kappa shape index (κ2) is 10.0. The van der Waals surface area contributed by atoms with Crippen molar-refractivity contribution in [3.63, 3.8) is 0 Å². The summed E-state index contributed by atoms with van der Waals surface area (Å²) in [5, 5.41) is 0. The second-order valence-electron chi connectivity index (χ2n) is 9.97. The van der Waals surface area contributed by atoms with Gasteiger partial charge < -0.3 is 13.9 Å². The fourth-order valence-corrected chi connectivity index (χ4v) is 4.50. The summed E-state index contributed by atoms with van der Waals surface area (Å²) >= 11 is 0. The third-order valence-electron chi connectivity index (χ3n) is 6.66. The van der Waals surface area contributed by atoms with Crippen LogP contribution in [0.25, 0.3) is 5.69 Å². The van der Waals surface area contributed by atoms with Gasteiger partial charge in [0.05, 0.1) is 25.2 Å². The van der Waals surface area contributed by atoms with Gasteiger partial charge in [-0.15, -0.1) is 0 Å². The summed E-state index contributed by atoms with van der Waals surface area (Å²) in [6.07, 6.45) is 8.96. The molecule has 1 fully saturated rings. The predicted octanol–water partition coefficient (Wildman–Crippen LogP) is 5.52.